The van der Waals surface area contributed by atoms with E-state index in [4.69, 9.17) is 14.2 Å². The van der Waals surface area contributed by atoms with E-state index in [9.17, 15) is 4.79 Å². The molecule has 0 bridgehead atoms. The summed E-state index contributed by atoms with van der Waals surface area (Å²) in [6, 6.07) is 30.2. The van der Waals surface area contributed by atoms with Crippen LogP contribution in [0.3, 0.4) is 0 Å². The summed E-state index contributed by atoms with van der Waals surface area (Å²) >= 11 is 0. The summed E-state index contributed by atoms with van der Waals surface area (Å²) in [5.74, 6) is -0.473. The molecule has 0 amide bonds. The van der Waals surface area contributed by atoms with Crippen LogP contribution in [0.15, 0.2) is 121 Å². The highest BCUT2D eigenvalue weighted by Crippen LogP contribution is 2.38. The third-order valence-electron chi connectivity index (χ3n) is 6.21. The summed E-state index contributed by atoms with van der Waals surface area (Å²) in [5.41, 5.74) is 4.67. The third-order valence-corrected chi connectivity index (χ3v) is 6.21. The minimum Gasteiger partial charge on any atom is -0.489 e. The number of hydrogen-bond donors (Lipinski definition) is 0. The molecule has 3 aromatic carbocycles. The van der Waals surface area contributed by atoms with Crippen LogP contribution in [0.5, 0.6) is 0 Å². The number of esters is 1. The summed E-state index contributed by atoms with van der Waals surface area (Å²) in [4.78, 5) is 12.9. The van der Waals surface area contributed by atoms with Crippen molar-refractivity contribution in [3.8, 4) is 0 Å². The second-order valence-electron chi connectivity index (χ2n) is 8.60. The largest absolute Gasteiger partial charge is 0.489 e. The average Bonchev–Trinajstić information content (AvgIpc) is 3.12. The first-order chi connectivity index (χ1) is 17.7. The van der Waals surface area contributed by atoms with Gasteiger partial charge in [0.2, 0.25) is 0 Å². The van der Waals surface area contributed by atoms with Crippen molar-refractivity contribution < 1.29 is 19.0 Å². The fourth-order valence-electron chi connectivity index (χ4n) is 4.49. The number of ether oxygens (including phenoxy) is 3. The van der Waals surface area contributed by atoms with Crippen LogP contribution in [0.1, 0.15) is 42.1 Å². The van der Waals surface area contributed by atoms with Crippen molar-refractivity contribution in [2.24, 2.45) is 0 Å². The normalized spacial score (nSPS) is 18.6. The van der Waals surface area contributed by atoms with Gasteiger partial charge in [-0.2, -0.15) is 0 Å². The zero-order valence-electron chi connectivity index (χ0n) is 20.7. The van der Waals surface area contributed by atoms with Crippen LogP contribution in [-0.2, 0) is 19.0 Å². The number of benzene rings is 3. The first-order valence-electron chi connectivity index (χ1n) is 12.3. The van der Waals surface area contributed by atoms with Crippen molar-refractivity contribution in [3.63, 3.8) is 0 Å². The Morgan fingerprint density at radius 3 is 2.19 bits per heavy atom. The standard InChI is InChI=1S/C32H32O4/c1-3-35-30-23-27(21-28(32(33)34-2)22-29(30)25-15-9-5-10-16-25)31(26-17-11-6-12-18-26)36-20-19-24-13-7-4-8-14-24/h4-20,22-23,29-31H,3,21H2,1-2H3/b20-19+/t29-,30-,31+/m0/s1. The molecule has 1 aliphatic carbocycles. The molecule has 0 aliphatic heterocycles. The molecule has 4 nitrogen and oxygen atoms in total. The van der Waals surface area contributed by atoms with Crippen LogP contribution in [0.2, 0.25) is 0 Å². The highest BCUT2D eigenvalue weighted by molar-refractivity contribution is 5.89. The van der Waals surface area contributed by atoms with E-state index in [1.165, 1.54) is 7.11 Å². The highest BCUT2D eigenvalue weighted by Gasteiger charge is 2.30. The number of methoxy groups -OCH3 is 1. The maximum Gasteiger partial charge on any atom is 0.333 e. The molecule has 0 aromatic heterocycles. The van der Waals surface area contributed by atoms with E-state index in [0.29, 0.717) is 18.6 Å². The van der Waals surface area contributed by atoms with Crippen LogP contribution in [0.25, 0.3) is 6.08 Å². The molecule has 0 heterocycles. The van der Waals surface area contributed by atoms with E-state index in [1.807, 2.05) is 97.9 Å². The molecule has 0 spiro atoms. The zero-order chi connectivity index (χ0) is 25.2. The fraction of sp³-hybridized carbons (Fsp3) is 0.219. The smallest absolute Gasteiger partial charge is 0.333 e. The summed E-state index contributed by atoms with van der Waals surface area (Å²) in [7, 11) is 1.42. The van der Waals surface area contributed by atoms with Gasteiger partial charge >= 0.3 is 5.97 Å². The molecule has 3 atom stereocenters. The maximum atomic E-state index is 12.9. The van der Waals surface area contributed by atoms with E-state index in [1.54, 1.807) is 6.26 Å². The van der Waals surface area contributed by atoms with Crippen LogP contribution < -0.4 is 0 Å². The molecule has 4 rings (SSSR count). The summed E-state index contributed by atoms with van der Waals surface area (Å²) in [5, 5.41) is 0. The van der Waals surface area contributed by atoms with E-state index >= 15 is 0 Å². The van der Waals surface area contributed by atoms with Gasteiger partial charge in [-0.05, 0) is 35.3 Å². The molecule has 4 heteroatoms. The number of carbonyl (C=O) groups excluding carboxylic acids is 1. The maximum absolute atomic E-state index is 12.9. The molecule has 0 unspecified atom stereocenters. The molecule has 0 fully saturated rings. The predicted molar refractivity (Wildman–Crippen MR) is 143 cm³/mol. The van der Waals surface area contributed by atoms with Gasteiger partial charge in [0.25, 0.3) is 0 Å². The average molecular weight is 481 g/mol. The van der Waals surface area contributed by atoms with Crippen molar-refractivity contribution in [2.75, 3.05) is 13.7 Å². The Hall–Kier alpha value is -3.89. The van der Waals surface area contributed by atoms with Crippen molar-refractivity contribution in [2.45, 2.75) is 31.5 Å². The van der Waals surface area contributed by atoms with Gasteiger partial charge in [0.1, 0.15) is 6.10 Å². The molecular weight excluding hydrogens is 448 g/mol. The molecule has 36 heavy (non-hydrogen) atoms. The van der Waals surface area contributed by atoms with Crippen LogP contribution in [0, 0.1) is 0 Å². The molecule has 0 N–H and O–H groups in total. The summed E-state index contributed by atoms with van der Waals surface area (Å²) < 4.78 is 17.8. The first kappa shape index (κ1) is 25.2. The van der Waals surface area contributed by atoms with Crippen molar-refractivity contribution in [1.29, 1.82) is 0 Å². The summed E-state index contributed by atoms with van der Waals surface area (Å²) in [6.07, 6.45) is 7.54. The van der Waals surface area contributed by atoms with Crippen LogP contribution >= 0.6 is 0 Å². The molecule has 1 aliphatic rings. The Morgan fingerprint density at radius 2 is 1.56 bits per heavy atom. The molecule has 0 saturated carbocycles. The minimum absolute atomic E-state index is 0.131. The lowest BCUT2D eigenvalue weighted by atomic mass is 9.91. The van der Waals surface area contributed by atoms with Gasteiger partial charge in [0, 0.05) is 24.5 Å². The van der Waals surface area contributed by atoms with Crippen LogP contribution in [-0.4, -0.2) is 25.8 Å². The van der Waals surface area contributed by atoms with Gasteiger partial charge in [0.05, 0.1) is 19.5 Å². The van der Waals surface area contributed by atoms with Gasteiger partial charge in [-0.3, -0.25) is 0 Å². The minimum atomic E-state index is -0.392. The van der Waals surface area contributed by atoms with E-state index < -0.39 is 6.10 Å². The predicted octanol–water partition coefficient (Wildman–Crippen LogP) is 7.03. The second kappa shape index (κ2) is 12.7. The SMILES string of the molecule is CCO[C@H]1C=C([C@H](O/C=C/c2ccccc2)c2ccccc2)CC(C(=O)OC)=C[C@H]1c1ccccc1. The summed E-state index contributed by atoms with van der Waals surface area (Å²) in [6.45, 7) is 2.53. The number of hydrogen-bond acceptors (Lipinski definition) is 4. The lowest BCUT2D eigenvalue weighted by Crippen LogP contribution is -2.20. The lowest BCUT2D eigenvalue weighted by Gasteiger charge is -2.24. The first-order valence-corrected chi connectivity index (χ1v) is 12.3. The van der Waals surface area contributed by atoms with Gasteiger partial charge in [-0.15, -0.1) is 0 Å². The zero-order valence-corrected chi connectivity index (χ0v) is 20.7. The Kier molecular flexibility index (Phi) is 8.90. The van der Waals surface area contributed by atoms with Crippen LogP contribution in [0.4, 0.5) is 0 Å². The van der Waals surface area contributed by atoms with E-state index in [2.05, 4.69) is 18.2 Å². The van der Waals surface area contributed by atoms with E-state index in [0.717, 1.165) is 22.3 Å². The quantitative estimate of drug-likeness (QED) is 0.187. The Morgan fingerprint density at radius 1 is 0.917 bits per heavy atom. The molecular formula is C32H32O4. The van der Waals surface area contributed by atoms with Crippen molar-refractivity contribution in [1.82, 2.24) is 0 Å². The van der Waals surface area contributed by atoms with Gasteiger partial charge in [0.15, 0.2) is 0 Å². The fourth-order valence-corrected chi connectivity index (χ4v) is 4.49. The van der Waals surface area contributed by atoms with Crippen molar-refractivity contribution >= 4 is 12.0 Å². The highest BCUT2D eigenvalue weighted by atomic mass is 16.5. The van der Waals surface area contributed by atoms with Crippen molar-refractivity contribution in [3.05, 3.63) is 137 Å². The second-order valence-corrected chi connectivity index (χ2v) is 8.60. The molecule has 0 radical (unpaired) electrons. The monoisotopic (exact) mass is 480 g/mol. The topological polar surface area (TPSA) is 44.8 Å². The Bertz CT molecular complexity index is 1200. The Balaban J connectivity index is 1.76. The van der Waals surface area contributed by atoms with Gasteiger partial charge in [-0.25, -0.2) is 4.79 Å². The van der Waals surface area contributed by atoms with Gasteiger partial charge < -0.3 is 14.2 Å². The molecule has 3 aromatic rings. The molecule has 184 valence electrons. The number of rotatable bonds is 9. The lowest BCUT2D eigenvalue weighted by molar-refractivity contribution is -0.136. The van der Waals surface area contributed by atoms with E-state index in [-0.39, 0.29) is 18.0 Å². The Labute approximate surface area is 213 Å². The molecule has 0 saturated heterocycles. The third kappa shape index (κ3) is 6.41. The number of carbonyl (C=O) groups is 1. The van der Waals surface area contributed by atoms with Gasteiger partial charge in [-0.1, -0.05) is 103 Å².